The lowest BCUT2D eigenvalue weighted by molar-refractivity contribution is 0.247. The van der Waals surface area contributed by atoms with Gasteiger partial charge in [-0.2, -0.15) is 0 Å². The third kappa shape index (κ3) is 4.29. The SMILES string of the molecule is [2H]C1([2H])CC(=C2c3ccc(Cl)cc3CCc3cccnc32)CC([2H])([2H])N1Cc1cncc(CO)c1. The summed E-state index contributed by atoms with van der Waals surface area (Å²) in [7, 11) is 0. The zero-order valence-electron chi connectivity index (χ0n) is 21.1. The van der Waals surface area contributed by atoms with Gasteiger partial charge < -0.3 is 5.11 Å². The van der Waals surface area contributed by atoms with E-state index in [9.17, 15) is 5.11 Å². The first-order valence-electron chi connectivity index (χ1n) is 12.4. The highest BCUT2D eigenvalue weighted by molar-refractivity contribution is 6.30. The highest BCUT2D eigenvalue weighted by Gasteiger charge is 2.25. The van der Waals surface area contributed by atoms with Crippen molar-refractivity contribution < 1.29 is 10.6 Å². The van der Waals surface area contributed by atoms with Crippen LogP contribution in [0.5, 0.6) is 0 Å². The topological polar surface area (TPSA) is 49.2 Å². The van der Waals surface area contributed by atoms with E-state index in [1.807, 2.05) is 30.3 Å². The van der Waals surface area contributed by atoms with Gasteiger partial charge in [0.05, 0.1) is 12.3 Å². The third-order valence-electron chi connectivity index (χ3n) is 5.82. The first-order chi connectivity index (χ1) is 16.7. The summed E-state index contributed by atoms with van der Waals surface area (Å²) in [6.45, 7) is -4.03. The number of benzene rings is 1. The van der Waals surface area contributed by atoms with Gasteiger partial charge in [0.2, 0.25) is 0 Å². The second kappa shape index (κ2) is 8.91. The molecule has 0 amide bonds. The molecule has 4 nitrogen and oxygen atoms in total. The molecule has 31 heavy (non-hydrogen) atoms. The molecular formula is C26H26ClN3O. The van der Waals surface area contributed by atoms with E-state index in [-0.39, 0.29) is 26.0 Å². The molecule has 1 aromatic carbocycles. The molecule has 2 aliphatic rings. The van der Waals surface area contributed by atoms with E-state index in [1.54, 1.807) is 24.7 Å². The molecule has 0 radical (unpaired) electrons. The Morgan fingerprint density at radius 1 is 1.00 bits per heavy atom. The lowest BCUT2D eigenvalue weighted by atomic mass is 9.88. The summed E-state index contributed by atoms with van der Waals surface area (Å²) in [6.07, 6.45) is 6.54. The Balaban J connectivity index is 1.61. The fourth-order valence-electron chi connectivity index (χ4n) is 4.32. The molecule has 1 aliphatic heterocycles. The molecule has 2 aromatic heterocycles. The molecule has 0 unspecified atom stereocenters. The monoisotopic (exact) mass is 435 g/mol. The summed E-state index contributed by atoms with van der Waals surface area (Å²) in [5.41, 5.74) is 6.67. The van der Waals surface area contributed by atoms with Crippen molar-refractivity contribution in [2.75, 3.05) is 13.0 Å². The zero-order chi connectivity index (χ0) is 24.8. The van der Waals surface area contributed by atoms with Gasteiger partial charge in [-0.05, 0) is 77.8 Å². The molecule has 0 saturated carbocycles. The standard InChI is InChI=1S/C26H26ClN3O/c27-23-5-6-24-22(13-23)4-3-21-2-1-9-29-26(21)25(24)20-7-10-30(11-8-20)16-18-12-19(17-31)15-28-14-18/h1-2,5-6,9,12-15,31H,3-4,7-8,10-11,16-17H2/i10D2,11D2. The number of aryl methyl sites for hydroxylation is 2. The molecule has 0 spiro atoms. The maximum Gasteiger partial charge on any atom is 0.0739 e. The number of piperidine rings is 1. The Labute approximate surface area is 193 Å². The van der Waals surface area contributed by atoms with Crippen molar-refractivity contribution in [3.63, 3.8) is 0 Å². The van der Waals surface area contributed by atoms with Gasteiger partial charge in [-0.3, -0.25) is 14.9 Å². The summed E-state index contributed by atoms with van der Waals surface area (Å²) < 4.78 is 35.6. The number of likely N-dealkylation sites (tertiary alicyclic amines) is 1. The van der Waals surface area contributed by atoms with Crippen LogP contribution in [-0.4, -0.2) is 33.0 Å². The van der Waals surface area contributed by atoms with Gasteiger partial charge in [0.15, 0.2) is 0 Å². The van der Waals surface area contributed by atoms with Crippen LogP contribution in [0, 0.1) is 0 Å². The molecule has 3 heterocycles. The summed E-state index contributed by atoms with van der Waals surface area (Å²) in [5.74, 6) is 0. The Kier molecular flexibility index (Phi) is 4.64. The molecule has 0 bridgehead atoms. The molecule has 1 fully saturated rings. The average Bonchev–Trinajstić information content (AvgIpc) is 2.97. The number of halogens is 1. The fourth-order valence-corrected chi connectivity index (χ4v) is 4.51. The number of hydrogen-bond acceptors (Lipinski definition) is 4. The number of nitrogens with zero attached hydrogens (tertiary/aromatic N) is 3. The van der Waals surface area contributed by atoms with Crippen LogP contribution in [-0.2, 0) is 26.0 Å². The van der Waals surface area contributed by atoms with Crippen LogP contribution in [0.15, 0.2) is 60.6 Å². The molecule has 0 atom stereocenters. The summed E-state index contributed by atoms with van der Waals surface area (Å²) in [4.78, 5) is 10.1. The Hall–Kier alpha value is -2.53. The highest BCUT2D eigenvalue weighted by Crippen LogP contribution is 2.38. The Bertz CT molecular complexity index is 1290. The van der Waals surface area contributed by atoms with Crippen LogP contribution < -0.4 is 0 Å². The van der Waals surface area contributed by atoms with E-state index in [1.165, 1.54) is 4.90 Å². The normalized spacial score (nSPS) is 21.7. The van der Waals surface area contributed by atoms with E-state index in [0.29, 0.717) is 21.7 Å². The summed E-state index contributed by atoms with van der Waals surface area (Å²) in [5, 5.41) is 10.1. The van der Waals surface area contributed by atoms with Crippen molar-refractivity contribution in [1.29, 1.82) is 0 Å². The molecule has 3 aromatic rings. The van der Waals surface area contributed by atoms with Crippen LogP contribution in [0.2, 0.25) is 5.02 Å². The van der Waals surface area contributed by atoms with Gasteiger partial charge in [0, 0.05) is 54.2 Å². The minimum Gasteiger partial charge on any atom is -0.392 e. The predicted octanol–water partition coefficient (Wildman–Crippen LogP) is 4.82. The first-order valence-corrected chi connectivity index (χ1v) is 10.8. The van der Waals surface area contributed by atoms with Crippen LogP contribution in [0.1, 0.15) is 51.8 Å². The molecular weight excluding hydrogens is 406 g/mol. The largest absolute Gasteiger partial charge is 0.392 e. The smallest absolute Gasteiger partial charge is 0.0739 e. The quantitative estimate of drug-likeness (QED) is 0.640. The predicted molar refractivity (Wildman–Crippen MR) is 124 cm³/mol. The van der Waals surface area contributed by atoms with E-state index >= 15 is 0 Å². The number of fused-ring (bicyclic) bond motifs is 2. The minimum atomic E-state index is -1.95. The lowest BCUT2D eigenvalue weighted by Crippen LogP contribution is -2.30. The second-order valence-electron chi connectivity index (χ2n) is 7.91. The molecule has 1 N–H and O–H groups in total. The summed E-state index contributed by atoms with van der Waals surface area (Å²) in [6, 6.07) is 11.4. The molecule has 158 valence electrons. The highest BCUT2D eigenvalue weighted by atomic mass is 35.5. The Morgan fingerprint density at radius 2 is 1.81 bits per heavy atom. The first kappa shape index (κ1) is 16.2. The number of aromatic nitrogens is 2. The molecule has 5 heteroatoms. The number of hydrogen-bond donors (Lipinski definition) is 1. The number of rotatable bonds is 3. The van der Waals surface area contributed by atoms with E-state index in [0.717, 1.165) is 40.8 Å². The molecule has 1 saturated heterocycles. The van der Waals surface area contributed by atoms with Crippen molar-refractivity contribution in [3.8, 4) is 0 Å². The molecule has 1 aliphatic carbocycles. The number of aliphatic hydroxyl groups is 1. The number of pyridine rings is 2. The maximum atomic E-state index is 9.43. The third-order valence-corrected chi connectivity index (χ3v) is 6.06. The maximum absolute atomic E-state index is 9.43. The van der Waals surface area contributed by atoms with Gasteiger partial charge in [-0.15, -0.1) is 0 Å². The second-order valence-corrected chi connectivity index (χ2v) is 8.34. The fraction of sp³-hybridized carbons (Fsp3) is 0.308. The molecule has 5 rings (SSSR count). The zero-order valence-corrected chi connectivity index (χ0v) is 17.9. The van der Waals surface area contributed by atoms with Crippen molar-refractivity contribution in [2.45, 2.75) is 38.8 Å². The van der Waals surface area contributed by atoms with Gasteiger partial charge >= 0.3 is 0 Å². The van der Waals surface area contributed by atoms with Crippen LogP contribution in [0.25, 0.3) is 5.57 Å². The van der Waals surface area contributed by atoms with Gasteiger partial charge in [-0.25, -0.2) is 0 Å². The average molecular weight is 436 g/mol. The van der Waals surface area contributed by atoms with E-state index < -0.39 is 13.0 Å². The summed E-state index contributed by atoms with van der Waals surface area (Å²) >= 11 is 6.30. The van der Waals surface area contributed by atoms with Crippen LogP contribution >= 0.6 is 11.6 Å². The Morgan fingerprint density at radius 3 is 2.65 bits per heavy atom. The number of aliphatic hydroxyl groups excluding tert-OH is 1. The van der Waals surface area contributed by atoms with Crippen molar-refractivity contribution in [2.24, 2.45) is 0 Å². The van der Waals surface area contributed by atoms with Crippen LogP contribution in [0.3, 0.4) is 0 Å². The van der Waals surface area contributed by atoms with E-state index in [2.05, 4.69) is 9.97 Å². The van der Waals surface area contributed by atoms with Crippen molar-refractivity contribution in [1.82, 2.24) is 14.9 Å². The van der Waals surface area contributed by atoms with Crippen LogP contribution in [0.4, 0.5) is 0 Å². The van der Waals surface area contributed by atoms with Gasteiger partial charge in [-0.1, -0.05) is 29.3 Å². The van der Waals surface area contributed by atoms with E-state index in [4.69, 9.17) is 17.1 Å². The van der Waals surface area contributed by atoms with Gasteiger partial charge in [0.1, 0.15) is 0 Å². The van der Waals surface area contributed by atoms with Gasteiger partial charge in [0.25, 0.3) is 0 Å². The van der Waals surface area contributed by atoms with Crippen molar-refractivity contribution in [3.05, 3.63) is 99.1 Å². The minimum absolute atomic E-state index is 0.0461. The van der Waals surface area contributed by atoms with Crippen molar-refractivity contribution >= 4 is 17.2 Å². The lowest BCUT2D eigenvalue weighted by Gasteiger charge is -2.30.